The van der Waals surface area contributed by atoms with Crippen LogP contribution in [0.1, 0.15) is 35.7 Å². The zero-order chi connectivity index (χ0) is 12.8. The Hall–Kier alpha value is -1.27. The van der Waals surface area contributed by atoms with Gasteiger partial charge >= 0.3 is 0 Å². The van der Waals surface area contributed by atoms with Gasteiger partial charge in [-0.3, -0.25) is 4.79 Å². The fourth-order valence-electron chi connectivity index (χ4n) is 1.53. The molecule has 0 heterocycles. The summed E-state index contributed by atoms with van der Waals surface area (Å²) in [6, 6.07) is 5.47. The fraction of sp³-hybridized carbons (Fsp3) is 0.357. The molecule has 1 unspecified atom stereocenters. The van der Waals surface area contributed by atoms with E-state index >= 15 is 0 Å². The van der Waals surface area contributed by atoms with Crippen LogP contribution >= 0.6 is 15.9 Å². The zero-order valence-electron chi connectivity index (χ0n) is 10.1. The molecule has 17 heavy (non-hydrogen) atoms. The van der Waals surface area contributed by atoms with Crippen LogP contribution in [0.2, 0.25) is 0 Å². The molecular formula is C14H16BrNO. The molecule has 0 aliphatic heterocycles. The largest absolute Gasteiger partial charge is 0.338 e. The van der Waals surface area contributed by atoms with E-state index in [0.29, 0.717) is 5.56 Å². The maximum absolute atomic E-state index is 12.0. The molecule has 1 aromatic carbocycles. The lowest BCUT2D eigenvalue weighted by molar-refractivity contribution is 0.0943. The van der Waals surface area contributed by atoms with Crippen molar-refractivity contribution < 1.29 is 4.79 Å². The van der Waals surface area contributed by atoms with Crippen molar-refractivity contribution in [2.75, 3.05) is 0 Å². The van der Waals surface area contributed by atoms with E-state index in [1.165, 1.54) is 0 Å². The Morgan fingerprint density at radius 2 is 2.29 bits per heavy atom. The van der Waals surface area contributed by atoms with E-state index in [1.807, 2.05) is 32.0 Å². The summed E-state index contributed by atoms with van der Waals surface area (Å²) in [7, 11) is 0. The third-order valence-electron chi connectivity index (χ3n) is 2.45. The molecule has 1 rings (SSSR count). The normalized spacial score (nSPS) is 11.6. The number of terminal acetylenes is 1. The summed E-state index contributed by atoms with van der Waals surface area (Å²) in [5.41, 5.74) is 1.67. The van der Waals surface area contributed by atoms with Crippen molar-refractivity contribution in [2.45, 2.75) is 32.7 Å². The molecule has 0 aliphatic rings. The summed E-state index contributed by atoms with van der Waals surface area (Å²) in [6.45, 7) is 3.99. The monoisotopic (exact) mass is 293 g/mol. The maximum Gasteiger partial charge on any atom is 0.253 e. The molecule has 0 bridgehead atoms. The predicted octanol–water partition coefficient (Wildman–Crippen LogP) is 3.29. The van der Waals surface area contributed by atoms with E-state index < -0.39 is 0 Å². The van der Waals surface area contributed by atoms with Gasteiger partial charge in [-0.1, -0.05) is 30.9 Å². The first-order valence-corrected chi connectivity index (χ1v) is 6.41. The molecule has 1 aromatic rings. The van der Waals surface area contributed by atoms with Crippen LogP contribution in [0, 0.1) is 19.3 Å². The molecule has 1 amide bonds. The second-order valence-corrected chi connectivity index (χ2v) is 4.82. The molecular weight excluding hydrogens is 278 g/mol. The number of nitrogens with one attached hydrogen (secondary N) is 1. The SMILES string of the molecule is C#CC(CCC)NC(=O)c1cc(C)ccc1Br. The van der Waals surface area contributed by atoms with Gasteiger partial charge in [-0.2, -0.15) is 0 Å². The van der Waals surface area contributed by atoms with Crippen LogP contribution in [0.3, 0.4) is 0 Å². The molecule has 0 spiro atoms. The lowest BCUT2D eigenvalue weighted by Gasteiger charge is -2.13. The summed E-state index contributed by atoms with van der Waals surface area (Å²) in [4.78, 5) is 12.0. The van der Waals surface area contributed by atoms with E-state index in [2.05, 4.69) is 27.2 Å². The molecule has 0 saturated carbocycles. The van der Waals surface area contributed by atoms with Crippen molar-refractivity contribution in [3.63, 3.8) is 0 Å². The Labute approximate surface area is 111 Å². The van der Waals surface area contributed by atoms with Crippen LogP contribution in [-0.2, 0) is 0 Å². The van der Waals surface area contributed by atoms with Gasteiger partial charge in [-0.25, -0.2) is 0 Å². The van der Waals surface area contributed by atoms with Gasteiger partial charge in [-0.05, 0) is 41.4 Å². The van der Waals surface area contributed by atoms with Crippen molar-refractivity contribution >= 4 is 21.8 Å². The van der Waals surface area contributed by atoms with Gasteiger partial charge in [0.15, 0.2) is 0 Å². The highest BCUT2D eigenvalue weighted by molar-refractivity contribution is 9.10. The van der Waals surface area contributed by atoms with Crippen molar-refractivity contribution in [1.82, 2.24) is 5.32 Å². The smallest absolute Gasteiger partial charge is 0.253 e. The van der Waals surface area contributed by atoms with Crippen LogP contribution in [0.4, 0.5) is 0 Å². The van der Waals surface area contributed by atoms with Gasteiger partial charge in [-0.15, -0.1) is 6.42 Å². The average Bonchev–Trinajstić information content (AvgIpc) is 2.31. The summed E-state index contributed by atoms with van der Waals surface area (Å²) in [5, 5.41) is 2.85. The quantitative estimate of drug-likeness (QED) is 0.848. The van der Waals surface area contributed by atoms with E-state index in [9.17, 15) is 4.79 Å². The molecule has 0 aliphatic carbocycles. The molecule has 90 valence electrons. The minimum atomic E-state index is -0.195. The van der Waals surface area contributed by atoms with E-state index in [1.54, 1.807) is 0 Å². The van der Waals surface area contributed by atoms with E-state index in [-0.39, 0.29) is 11.9 Å². The number of amides is 1. The molecule has 1 atom stereocenters. The highest BCUT2D eigenvalue weighted by Gasteiger charge is 2.13. The second-order valence-electron chi connectivity index (χ2n) is 3.96. The maximum atomic E-state index is 12.0. The first-order valence-electron chi connectivity index (χ1n) is 5.61. The Kier molecular flexibility index (Phi) is 5.24. The van der Waals surface area contributed by atoms with Crippen LogP contribution in [0.15, 0.2) is 22.7 Å². The summed E-state index contributed by atoms with van der Waals surface area (Å²) >= 11 is 3.37. The molecule has 3 heteroatoms. The Balaban J connectivity index is 2.83. The van der Waals surface area contributed by atoms with Gasteiger partial charge in [0.2, 0.25) is 0 Å². The molecule has 0 fully saturated rings. The zero-order valence-corrected chi connectivity index (χ0v) is 11.7. The first kappa shape index (κ1) is 13.8. The Morgan fingerprint density at radius 3 is 2.88 bits per heavy atom. The van der Waals surface area contributed by atoms with Crippen molar-refractivity contribution in [3.05, 3.63) is 33.8 Å². The number of rotatable bonds is 4. The number of benzene rings is 1. The van der Waals surface area contributed by atoms with Crippen molar-refractivity contribution in [3.8, 4) is 12.3 Å². The number of carbonyl (C=O) groups excluding carboxylic acids is 1. The molecule has 2 nitrogen and oxygen atoms in total. The van der Waals surface area contributed by atoms with Crippen LogP contribution in [-0.4, -0.2) is 11.9 Å². The average molecular weight is 294 g/mol. The number of aryl methyl sites for hydroxylation is 1. The number of halogens is 1. The lowest BCUT2D eigenvalue weighted by atomic mass is 10.1. The summed E-state index contributed by atoms with van der Waals surface area (Å²) in [6.07, 6.45) is 7.12. The minimum Gasteiger partial charge on any atom is -0.338 e. The summed E-state index contributed by atoms with van der Waals surface area (Å²) < 4.78 is 0.785. The van der Waals surface area contributed by atoms with Crippen LogP contribution in [0.5, 0.6) is 0 Å². The predicted molar refractivity (Wildman–Crippen MR) is 73.9 cm³/mol. The van der Waals surface area contributed by atoms with E-state index in [0.717, 1.165) is 22.9 Å². The van der Waals surface area contributed by atoms with Gasteiger partial charge in [0.25, 0.3) is 5.91 Å². The number of hydrogen-bond donors (Lipinski definition) is 1. The number of carbonyl (C=O) groups is 1. The standard InChI is InChI=1S/C14H16BrNO/c1-4-6-11(5-2)16-14(17)12-9-10(3)7-8-13(12)15/h2,7-9,11H,4,6H2,1,3H3,(H,16,17). The van der Waals surface area contributed by atoms with Crippen LogP contribution in [0.25, 0.3) is 0 Å². The molecule has 0 radical (unpaired) electrons. The molecule has 1 N–H and O–H groups in total. The number of hydrogen-bond acceptors (Lipinski definition) is 1. The van der Waals surface area contributed by atoms with Gasteiger partial charge < -0.3 is 5.32 Å². The Bertz CT molecular complexity index is 448. The van der Waals surface area contributed by atoms with Crippen molar-refractivity contribution in [2.24, 2.45) is 0 Å². The topological polar surface area (TPSA) is 29.1 Å². The molecule has 0 saturated heterocycles. The van der Waals surface area contributed by atoms with Crippen molar-refractivity contribution in [1.29, 1.82) is 0 Å². The fourth-order valence-corrected chi connectivity index (χ4v) is 1.96. The third kappa shape index (κ3) is 3.90. The van der Waals surface area contributed by atoms with E-state index in [4.69, 9.17) is 6.42 Å². The first-order chi connectivity index (χ1) is 8.08. The Morgan fingerprint density at radius 1 is 1.59 bits per heavy atom. The lowest BCUT2D eigenvalue weighted by Crippen LogP contribution is -2.33. The van der Waals surface area contributed by atoms with Crippen LogP contribution < -0.4 is 5.32 Å². The summed E-state index contributed by atoms with van der Waals surface area (Å²) in [5.74, 6) is 2.46. The van der Waals surface area contributed by atoms with Gasteiger partial charge in [0.05, 0.1) is 11.6 Å². The highest BCUT2D eigenvalue weighted by atomic mass is 79.9. The van der Waals surface area contributed by atoms with Gasteiger partial charge in [0, 0.05) is 4.47 Å². The third-order valence-corrected chi connectivity index (χ3v) is 3.14. The van der Waals surface area contributed by atoms with Gasteiger partial charge in [0.1, 0.15) is 0 Å². The second kappa shape index (κ2) is 6.46. The minimum absolute atomic E-state index is 0.128. The molecule has 0 aromatic heterocycles. The highest BCUT2D eigenvalue weighted by Crippen LogP contribution is 2.18.